The number of rotatable bonds is 6. The van der Waals surface area contributed by atoms with Crippen molar-refractivity contribution < 1.29 is 13.6 Å². The van der Waals surface area contributed by atoms with Gasteiger partial charge in [0.15, 0.2) is 5.82 Å². The number of carbonyl (C=O) groups is 1. The quantitative estimate of drug-likeness (QED) is 0.811. The minimum atomic E-state index is -0.747. The molecular formula is C20H24F2N4O. The molecule has 144 valence electrons. The standard InChI is InChI=1S/C20H24F2N4O/c1-4-13(3)26-10-14(11-26)24-20(27)19-16(22)8-23-9-18(19)25-17-6-5-12(2)7-15(17)21/h5-9,13-14,25H,4,10-11H2,1-3H3,(H,24,27). The molecule has 2 heterocycles. The number of hydrogen-bond donors (Lipinski definition) is 2. The lowest BCUT2D eigenvalue weighted by Gasteiger charge is -2.43. The predicted octanol–water partition coefficient (Wildman–Crippen LogP) is 3.62. The average molecular weight is 374 g/mol. The van der Waals surface area contributed by atoms with Crippen LogP contribution in [-0.4, -0.2) is 41.0 Å². The second kappa shape index (κ2) is 8.00. The van der Waals surface area contributed by atoms with Crippen molar-refractivity contribution in [2.45, 2.75) is 39.3 Å². The molecule has 2 aromatic rings. The summed E-state index contributed by atoms with van der Waals surface area (Å²) in [5.74, 6) is -1.75. The van der Waals surface area contributed by atoms with Gasteiger partial charge in [0.1, 0.15) is 11.4 Å². The molecule has 0 radical (unpaired) electrons. The summed E-state index contributed by atoms with van der Waals surface area (Å²) in [6.45, 7) is 7.51. The molecule has 1 fully saturated rings. The number of hydrogen-bond acceptors (Lipinski definition) is 4. The Morgan fingerprint density at radius 1 is 1.26 bits per heavy atom. The molecule has 1 aliphatic heterocycles. The number of nitrogens with one attached hydrogen (secondary N) is 2. The van der Waals surface area contributed by atoms with Crippen LogP contribution in [-0.2, 0) is 0 Å². The normalized spacial score (nSPS) is 15.9. The van der Waals surface area contributed by atoms with E-state index in [1.54, 1.807) is 19.1 Å². The Labute approximate surface area is 157 Å². The van der Waals surface area contributed by atoms with Crippen molar-refractivity contribution in [3.8, 4) is 0 Å². The summed E-state index contributed by atoms with van der Waals surface area (Å²) in [6, 6.07) is 5.08. The van der Waals surface area contributed by atoms with Gasteiger partial charge in [-0.1, -0.05) is 13.0 Å². The maximum Gasteiger partial charge on any atom is 0.256 e. The summed E-state index contributed by atoms with van der Waals surface area (Å²) < 4.78 is 28.4. The molecule has 1 amide bonds. The Hall–Kier alpha value is -2.54. The molecule has 1 aromatic carbocycles. The number of amides is 1. The largest absolute Gasteiger partial charge is 0.351 e. The predicted molar refractivity (Wildman–Crippen MR) is 101 cm³/mol. The molecule has 0 bridgehead atoms. The topological polar surface area (TPSA) is 57.3 Å². The second-order valence-electron chi connectivity index (χ2n) is 7.03. The van der Waals surface area contributed by atoms with Gasteiger partial charge in [0.25, 0.3) is 5.91 Å². The van der Waals surface area contributed by atoms with E-state index in [1.807, 2.05) is 0 Å². The molecule has 0 aliphatic carbocycles. The zero-order valence-electron chi connectivity index (χ0n) is 15.7. The van der Waals surface area contributed by atoms with Gasteiger partial charge < -0.3 is 10.6 Å². The van der Waals surface area contributed by atoms with E-state index in [2.05, 4.69) is 34.4 Å². The van der Waals surface area contributed by atoms with Gasteiger partial charge in [-0.2, -0.15) is 0 Å². The van der Waals surface area contributed by atoms with Crippen LogP contribution in [0.2, 0.25) is 0 Å². The van der Waals surface area contributed by atoms with E-state index in [-0.39, 0.29) is 23.0 Å². The summed E-state index contributed by atoms with van der Waals surface area (Å²) in [4.78, 5) is 18.7. The molecule has 1 aliphatic rings. The van der Waals surface area contributed by atoms with Crippen molar-refractivity contribution in [2.75, 3.05) is 18.4 Å². The Kier molecular flexibility index (Phi) is 5.70. The van der Waals surface area contributed by atoms with Crippen molar-refractivity contribution in [1.82, 2.24) is 15.2 Å². The summed E-state index contributed by atoms with van der Waals surface area (Å²) in [6.07, 6.45) is 3.34. The maximum absolute atomic E-state index is 14.3. The second-order valence-corrected chi connectivity index (χ2v) is 7.03. The molecule has 5 nitrogen and oxygen atoms in total. The molecule has 27 heavy (non-hydrogen) atoms. The van der Waals surface area contributed by atoms with Crippen LogP contribution in [0.3, 0.4) is 0 Å². The highest BCUT2D eigenvalue weighted by Gasteiger charge is 2.32. The third-order valence-electron chi connectivity index (χ3n) is 4.98. The summed E-state index contributed by atoms with van der Waals surface area (Å²) in [7, 11) is 0. The number of anilines is 2. The van der Waals surface area contributed by atoms with Gasteiger partial charge in [-0.3, -0.25) is 14.7 Å². The number of likely N-dealkylation sites (tertiary alicyclic amines) is 1. The summed E-state index contributed by atoms with van der Waals surface area (Å²) in [5, 5.41) is 5.64. The minimum Gasteiger partial charge on any atom is -0.351 e. The lowest BCUT2D eigenvalue weighted by Crippen LogP contribution is -2.61. The first-order valence-electron chi connectivity index (χ1n) is 9.10. The van der Waals surface area contributed by atoms with E-state index in [0.717, 1.165) is 31.3 Å². The van der Waals surface area contributed by atoms with Crippen LogP contribution in [0.25, 0.3) is 0 Å². The number of benzene rings is 1. The fourth-order valence-corrected chi connectivity index (χ4v) is 3.11. The van der Waals surface area contributed by atoms with E-state index >= 15 is 0 Å². The van der Waals surface area contributed by atoms with E-state index in [1.165, 1.54) is 12.3 Å². The first kappa shape index (κ1) is 19.2. The van der Waals surface area contributed by atoms with Crippen LogP contribution in [0.5, 0.6) is 0 Å². The van der Waals surface area contributed by atoms with Gasteiger partial charge in [0, 0.05) is 19.1 Å². The highest BCUT2D eigenvalue weighted by molar-refractivity contribution is 6.00. The van der Waals surface area contributed by atoms with Gasteiger partial charge in [0.2, 0.25) is 0 Å². The Morgan fingerprint density at radius 2 is 2.00 bits per heavy atom. The molecule has 0 spiro atoms. The molecule has 3 rings (SSSR count). The molecule has 1 saturated heterocycles. The van der Waals surface area contributed by atoms with E-state index < -0.39 is 17.5 Å². The number of halogens is 2. The van der Waals surface area contributed by atoms with Crippen molar-refractivity contribution in [3.05, 3.63) is 53.4 Å². The Balaban J connectivity index is 1.74. The number of nitrogens with zero attached hydrogens (tertiary/aromatic N) is 2. The van der Waals surface area contributed by atoms with Crippen molar-refractivity contribution >= 4 is 17.3 Å². The fourth-order valence-electron chi connectivity index (χ4n) is 3.11. The lowest BCUT2D eigenvalue weighted by molar-refractivity contribution is 0.0666. The smallest absolute Gasteiger partial charge is 0.256 e. The van der Waals surface area contributed by atoms with Crippen LogP contribution in [0.15, 0.2) is 30.6 Å². The third kappa shape index (κ3) is 4.24. The number of pyridine rings is 1. The van der Waals surface area contributed by atoms with Crippen molar-refractivity contribution in [3.63, 3.8) is 0 Å². The zero-order valence-corrected chi connectivity index (χ0v) is 15.7. The lowest BCUT2D eigenvalue weighted by atomic mass is 10.0. The Bertz CT molecular complexity index is 837. The highest BCUT2D eigenvalue weighted by Crippen LogP contribution is 2.25. The zero-order chi connectivity index (χ0) is 19.6. The van der Waals surface area contributed by atoms with Gasteiger partial charge >= 0.3 is 0 Å². The molecule has 0 saturated carbocycles. The average Bonchev–Trinajstić information content (AvgIpc) is 2.59. The first-order chi connectivity index (χ1) is 12.9. The molecule has 7 heteroatoms. The van der Waals surface area contributed by atoms with Crippen LogP contribution < -0.4 is 10.6 Å². The van der Waals surface area contributed by atoms with Crippen LogP contribution >= 0.6 is 0 Å². The van der Waals surface area contributed by atoms with E-state index in [4.69, 9.17) is 0 Å². The van der Waals surface area contributed by atoms with Crippen LogP contribution in [0, 0.1) is 18.6 Å². The summed E-state index contributed by atoms with van der Waals surface area (Å²) in [5.41, 5.74) is 0.901. The molecular weight excluding hydrogens is 350 g/mol. The fraction of sp³-hybridized carbons (Fsp3) is 0.400. The van der Waals surface area contributed by atoms with Crippen LogP contribution in [0.1, 0.15) is 36.2 Å². The van der Waals surface area contributed by atoms with Crippen molar-refractivity contribution in [1.29, 1.82) is 0 Å². The van der Waals surface area contributed by atoms with Crippen molar-refractivity contribution in [2.24, 2.45) is 0 Å². The third-order valence-corrected chi connectivity index (χ3v) is 4.98. The monoisotopic (exact) mass is 374 g/mol. The number of aryl methyl sites for hydroxylation is 1. The van der Waals surface area contributed by atoms with E-state index in [9.17, 15) is 13.6 Å². The number of aromatic nitrogens is 1. The SMILES string of the molecule is CCC(C)N1CC(NC(=O)c2c(F)cncc2Nc2ccc(C)cc2F)C1. The van der Waals surface area contributed by atoms with Gasteiger partial charge in [-0.15, -0.1) is 0 Å². The summed E-state index contributed by atoms with van der Waals surface area (Å²) >= 11 is 0. The Morgan fingerprint density at radius 3 is 2.67 bits per heavy atom. The molecule has 1 aromatic heterocycles. The molecule has 1 atom stereocenters. The van der Waals surface area contributed by atoms with Gasteiger partial charge in [-0.05, 0) is 38.0 Å². The van der Waals surface area contributed by atoms with Crippen LogP contribution in [0.4, 0.5) is 20.2 Å². The minimum absolute atomic E-state index is 0.0250. The molecule has 2 N–H and O–H groups in total. The number of carbonyl (C=O) groups excluding carboxylic acids is 1. The van der Waals surface area contributed by atoms with Gasteiger partial charge in [0.05, 0.1) is 29.8 Å². The molecule has 1 unspecified atom stereocenters. The first-order valence-corrected chi connectivity index (χ1v) is 9.10. The highest BCUT2D eigenvalue weighted by atomic mass is 19.1. The van der Waals surface area contributed by atoms with E-state index in [0.29, 0.717) is 6.04 Å². The van der Waals surface area contributed by atoms with Gasteiger partial charge in [-0.25, -0.2) is 8.78 Å². The maximum atomic E-state index is 14.3.